The number of benzene rings is 2. The highest BCUT2D eigenvalue weighted by Crippen LogP contribution is 2.50. The number of rotatable bonds is 6. The summed E-state index contributed by atoms with van der Waals surface area (Å²) in [4.78, 5) is 32.9. The number of allylic oxidation sites excluding steroid dienone is 2. The number of hydrogen-bond acceptors (Lipinski definition) is 5. The van der Waals surface area contributed by atoms with Crippen molar-refractivity contribution in [3.05, 3.63) is 99.8 Å². The molecule has 0 spiro atoms. The first-order valence-corrected chi connectivity index (χ1v) is 14.1. The lowest BCUT2D eigenvalue weighted by Gasteiger charge is -2.30. The lowest BCUT2D eigenvalue weighted by molar-refractivity contribution is -0.122. The summed E-state index contributed by atoms with van der Waals surface area (Å²) >= 11 is 3.49. The molecule has 1 aromatic heterocycles. The van der Waals surface area contributed by atoms with Crippen molar-refractivity contribution in [1.29, 1.82) is 0 Å². The summed E-state index contributed by atoms with van der Waals surface area (Å²) in [6, 6.07) is 20.4. The SMILES string of the molecule is CC1=C2[C@@H](CC/C(=C/c3cc(Br)ccc3O)c3ccccn3)OC[C@@H]2[C@@H]2C(=O)N(c3ccccc3)C(=O)[C@@H]2C1. The molecule has 0 radical (unpaired) electrons. The van der Waals surface area contributed by atoms with Gasteiger partial charge in [0.05, 0.1) is 35.9 Å². The Morgan fingerprint density at radius 3 is 2.64 bits per heavy atom. The largest absolute Gasteiger partial charge is 0.507 e. The maximum absolute atomic E-state index is 13.6. The number of imide groups is 1. The number of aromatic nitrogens is 1. The second-order valence-electron chi connectivity index (χ2n) is 10.5. The number of phenols is 1. The number of ether oxygens (including phenoxy) is 1. The highest BCUT2D eigenvalue weighted by Gasteiger charge is 2.56. The molecule has 1 N–H and O–H groups in total. The van der Waals surface area contributed by atoms with Crippen molar-refractivity contribution in [2.75, 3.05) is 11.5 Å². The third-order valence-electron chi connectivity index (χ3n) is 8.16. The van der Waals surface area contributed by atoms with Gasteiger partial charge in [0.25, 0.3) is 0 Å². The van der Waals surface area contributed by atoms with Gasteiger partial charge >= 0.3 is 0 Å². The molecule has 198 valence electrons. The molecule has 3 aliphatic rings. The Kier molecular flexibility index (Phi) is 6.95. The lowest BCUT2D eigenvalue weighted by atomic mass is 9.70. The molecule has 39 heavy (non-hydrogen) atoms. The maximum Gasteiger partial charge on any atom is 0.238 e. The molecule has 0 unspecified atom stereocenters. The number of hydrogen-bond donors (Lipinski definition) is 1. The van der Waals surface area contributed by atoms with E-state index in [1.165, 1.54) is 10.5 Å². The van der Waals surface area contributed by atoms with Crippen LogP contribution < -0.4 is 4.90 Å². The van der Waals surface area contributed by atoms with Crippen molar-refractivity contribution in [2.24, 2.45) is 17.8 Å². The first-order valence-electron chi connectivity index (χ1n) is 13.3. The van der Waals surface area contributed by atoms with E-state index in [2.05, 4.69) is 27.8 Å². The Labute approximate surface area is 236 Å². The zero-order chi connectivity index (χ0) is 27.1. The number of aromatic hydroxyl groups is 1. The second kappa shape index (κ2) is 10.5. The van der Waals surface area contributed by atoms with Crippen LogP contribution in [0.1, 0.15) is 37.4 Å². The number of para-hydroxylation sites is 1. The zero-order valence-corrected chi connectivity index (χ0v) is 23.2. The molecule has 1 aliphatic carbocycles. The van der Waals surface area contributed by atoms with Gasteiger partial charge in [0.15, 0.2) is 0 Å². The van der Waals surface area contributed by atoms with E-state index in [0.717, 1.165) is 21.3 Å². The fourth-order valence-corrected chi connectivity index (χ4v) is 6.78. The van der Waals surface area contributed by atoms with E-state index >= 15 is 0 Å². The Bertz CT molecular complexity index is 1480. The van der Waals surface area contributed by atoms with Crippen LogP contribution in [0.5, 0.6) is 5.75 Å². The number of nitrogens with zero attached hydrogens (tertiary/aromatic N) is 2. The summed E-state index contributed by atoms with van der Waals surface area (Å²) in [5.74, 6) is -0.826. The molecule has 3 heterocycles. The normalized spacial score (nSPS) is 24.8. The molecule has 2 aromatic carbocycles. The lowest BCUT2D eigenvalue weighted by Crippen LogP contribution is -2.34. The van der Waals surface area contributed by atoms with Crippen molar-refractivity contribution in [3.63, 3.8) is 0 Å². The van der Waals surface area contributed by atoms with Gasteiger partial charge in [0, 0.05) is 22.2 Å². The molecule has 2 saturated heterocycles. The van der Waals surface area contributed by atoms with Gasteiger partial charge in [-0.2, -0.15) is 0 Å². The predicted molar refractivity (Wildman–Crippen MR) is 154 cm³/mol. The fraction of sp³-hybridized carbons (Fsp3) is 0.281. The van der Waals surface area contributed by atoms with Crippen LogP contribution >= 0.6 is 15.9 Å². The Morgan fingerprint density at radius 1 is 1.08 bits per heavy atom. The van der Waals surface area contributed by atoms with Crippen molar-refractivity contribution in [3.8, 4) is 5.75 Å². The van der Waals surface area contributed by atoms with E-state index in [4.69, 9.17) is 4.74 Å². The van der Waals surface area contributed by atoms with E-state index in [-0.39, 0.29) is 41.4 Å². The minimum atomic E-state index is -0.383. The summed E-state index contributed by atoms with van der Waals surface area (Å²) in [6.45, 7) is 2.52. The van der Waals surface area contributed by atoms with Gasteiger partial charge in [-0.3, -0.25) is 19.5 Å². The molecule has 6 rings (SSSR count). The molecule has 4 atom stereocenters. The maximum atomic E-state index is 13.6. The molecular formula is C32H29BrN2O4. The Balaban J connectivity index is 1.26. The molecule has 6 nitrogen and oxygen atoms in total. The highest BCUT2D eigenvalue weighted by molar-refractivity contribution is 9.10. The molecule has 2 aliphatic heterocycles. The smallest absolute Gasteiger partial charge is 0.238 e. The number of carbonyl (C=O) groups excluding carboxylic acids is 2. The first kappa shape index (κ1) is 25.7. The number of phenolic OH excluding ortho intramolecular Hbond substituents is 1. The van der Waals surface area contributed by atoms with Gasteiger partial charge < -0.3 is 9.84 Å². The molecule has 3 aromatic rings. The van der Waals surface area contributed by atoms with Gasteiger partial charge in [-0.25, -0.2) is 0 Å². The number of fused-ring (bicyclic) bond motifs is 3. The standard InChI is InChI=1S/C32H29BrN2O4/c1-19-15-24-30(32(38)35(31(24)37)23-7-3-2-4-8-23)25-18-39-28(29(19)25)13-10-20(26-9-5-6-14-34-26)16-21-17-22(33)11-12-27(21)36/h2-9,11-12,14,16-17,24-25,28,30,36H,10,13,15,18H2,1H3/b20-16-/t24-,25+,28-,30-/m1/s1. The molecule has 0 bridgehead atoms. The van der Waals surface area contributed by atoms with Crippen LogP contribution in [0.4, 0.5) is 5.69 Å². The molecule has 2 fully saturated rings. The summed E-state index contributed by atoms with van der Waals surface area (Å²) in [7, 11) is 0. The number of amides is 2. The third-order valence-corrected chi connectivity index (χ3v) is 8.65. The van der Waals surface area contributed by atoms with Gasteiger partial charge in [0.2, 0.25) is 11.8 Å². The summed E-state index contributed by atoms with van der Waals surface area (Å²) < 4.78 is 7.22. The van der Waals surface area contributed by atoms with Crippen molar-refractivity contribution >= 4 is 45.1 Å². The van der Waals surface area contributed by atoms with Gasteiger partial charge in [-0.05, 0) is 85.9 Å². The van der Waals surface area contributed by atoms with Crippen LogP contribution in [0.3, 0.4) is 0 Å². The summed E-state index contributed by atoms with van der Waals surface area (Å²) in [6.07, 6.45) is 5.58. The topological polar surface area (TPSA) is 79.7 Å². The van der Waals surface area contributed by atoms with Crippen LogP contribution in [0, 0.1) is 17.8 Å². The molecule has 0 saturated carbocycles. The first-order chi connectivity index (χ1) is 18.9. The van der Waals surface area contributed by atoms with Crippen LogP contribution in [0.25, 0.3) is 11.6 Å². The molecule has 2 amide bonds. The van der Waals surface area contributed by atoms with Gasteiger partial charge in [-0.15, -0.1) is 0 Å². The van der Waals surface area contributed by atoms with E-state index in [0.29, 0.717) is 37.1 Å². The highest BCUT2D eigenvalue weighted by atomic mass is 79.9. The number of carbonyl (C=O) groups is 2. The Hall–Kier alpha value is -3.55. The van der Waals surface area contributed by atoms with Gasteiger partial charge in [0.1, 0.15) is 5.75 Å². The average Bonchev–Trinajstić information content (AvgIpc) is 3.48. The minimum absolute atomic E-state index is 0.0877. The van der Waals surface area contributed by atoms with E-state index in [9.17, 15) is 14.7 Å². The number of halogens is 1. The number of anilines is 1. The van der Waals surface area contributed by atoms with Crippen LogP contribution in [0.2, 0.25) is 0 Å². The summed E-state index contributed by atoms with van der Waals surface area (Å²) in [5.41, 5.74) is 5.52. The van der Waals surface area contributed by atoms with E-state index in [1.807, 2.05) is 60.7 Å². The second-order valence-corrected chi connectivity index (χ2v) is 11.4. The van der Waals surface area contributed by atoms with E-state index in [1.54, 1.807) is 18.3 Å². The number of pyridine rings is 1. The monoisotopic (exact) mass is 584 g/mol. The van der Waals surface area contributed by atoms with Crippen LogP contribution in [-0.2, 0) is 14.3 Å². The minimum Gasteiger partial charge on any atom is -0.507 e. The third kappa shape index (κ3) is 4.74. The quantitative estimate of drug-likeness (QED) is 0.267. The molecule has 7 heteroatoms. The molecular weight excluding hydrogens is 556 g/mol. The zero-order valence-electron chi connectivity index (χ0n) is 21.6. The fourth-order valence-electron chi connectivity index (χ4n) is 6.40. The van der Waals surface area contributed by atoms with E-state index < -0.39 is 0 Å². The summed E-state index contributed by atoms with van der Waals surface area (Å²) in [5, 5.41) is 10.5. The van der Waals surface area contributed by atoms with Crippen molar-refractivity contribution in [1.82, 2.24) is 4.98 Å². The predicted octanol–water partition coefficient (Wildman–Crippen LogP) is 6.41. The van der Waals surface area contributed by atoms with Crippen LogP contribution in [0.15, 0.2) is 88.5 Å². The Morgan fingerprint density at radius 2 is 1.87 bits per heavy atom. The van der Waals surface area contributed by atoms with Gasteiger partial charge in [-0.1, -0.05) is 45.8 Å². The van der Waals surface area contributed by atoms with Crippen LogP contribution in [-0.4, -0.2) is 34.6 Å². The average molecular weight is 585 g/mol. The van der Waals surface area contributed by atoms with Crippen molar-refractivity contribution < 1.29 is 19.4 Å². The van der Waals surface area contributed by atoms with Crippen molar-refractivity contribution in [2.45, 2.75) is 32.3 Å².